The monoisotopic (exact) mass is 444 g/mol. The van der Waals surface area contributed by atoms with Gasteiger partial charge in [0.1, 0.15) is 6.04 Å². The number of sulfonamides is 1. The Morgan fingerprint density at radius 3 is 2.30 bits per heavy atom. The molecule has 0 spiro atoms. The smallest absolute Gasteiger partial charge is 0.416 e. The number of methoxy groups -OCH3 is 1. The summed E-state index contributed by atoms with van der Waals surface area (Å²) in [6.45, 7) is 1.22. The molecule has 0 aliphatic heterocycles. The molecule has 1 amide bonds. The number of esters is 1. The summed E-state index contributed by atoms with van der Waals surface area (Å²) in [6.07, 6.45) is -4.65. The minimum Gasteiger partial charge on any atom is -0.467 e. The molecule has 11 heteroatoms. The van der Waals surface area contributed by atoms with Crippen molar-refractivity contribution < 1.29 is 35.9 Å². The zero-order valence-corrected chi connectivity index (χ0v) is 16.8. The summed E-state index contributed by atoms with van der Waals surface area (Å²) >= 11 is 0. The van der Waals surface area contributed by atoms with Crippen LogP contribution in [0.2, 0.25) is 0 Å². The molecular formula is C19H19F3N2O5S. The third-order valence-electron chi connectivity index (χ3n) is 4.05. The normalized spacial score (nSPS) is 12.8. The Kier molecular flexibility index (Phi) is 7.21. The number of rotatable bonds is 7. The van der Waals surface area contributed by atoms with Crippen LogP contribution in [0, 0.1) is 6.92 Å². The van der Waals surface area contributed by atoms with Gasteiger partial charge in [-0.2, -0.15) is 13.2 Å². The lowest BCUT2D eigenvalue weighted by molar-refractivity contribution is -0.142. The first-order valence-corrected chi connectivity index (χ1v) is 10.0. The molecule has 2 N–H and O–H groups in total. The van der Waals surface area contributed by atoms with Crippen LogP contribution < -0.4 is 10.0 Å². The molecule has 2 aromatic rings. The van der Waals surface area contributed by atoms with Crippen LogP contribution >= 0.6 is 0 Å². The van der Waals surface area contributed by atoms with E-state index in [1.165, 1.54) is 12.1 Å². The van der Waals surface area contributed by atoms with Crippen LogP contribution in [-0.2, 0) is 25.7 Å². The molecule has 2 rings (SSSR count). The Bertz CT molecular complexity index is 1020. The average molecular weight is 444 g/mol. The Morgan fingerprint density at radius 2 is 1.73 bits per heavy atom. The maximum atomic E-state index is 12.8. The molecule has 0 fully saturated rings. The van der Waals surface area contributed by atoms with Gasteiger partial charge in [0.15, 0.2) is 0 Å². The van der Waals surface area contributed by atoms with E-state index in [1.807, 2.05) is 0 Å². The van der Waals surface area contributed by atoms with Crippen molar-refractivity contribution in [3.05, 3.63) is 65.2 Å². The summed E-state index contributed by atoms with van der Waals surface area (Å²) < 4.78 is 70.0. The van der Waals surface area contributed by atoms with Crippen molar-refractivity contribution in [1.29, 1.82) is 0 Å². The molecule has 0 aliphatic rings. The largest absolute Gasteiger partial charge is 0.467 e. The molecule has 0 aromatic heterocycles. The fraction of sp³-hybridized carbons (Fsp3) is 0.263. The number of halogens is 3. The van der Waals surface area contributed by atoms with Gasteiger partial charge >= 0.3 is 12.1 Å². The molecule has 2 aromatic carbocycles. The molecule has 0 radical (unpaired) electrons. The van der Waals surface area contributed by atoms with Gasteiger partial charge in [0.2, 0.25) is 10.0 Å². The second-order valence-corrected chi connectivity index (χ2v) is 8.06. The van der Waals surface area contributed by atoms with Crippen LogP contribution in [0.25, 0.3) is 0 Å². The average Bonchev–Trinajstić information content (AvgIpc) is 2.70. The van der Waals surface area contributed by atoms with Gasteiger partial charge < -0.3 is 10.1 Å². The van der Waals surface area contributed by atoms with E-state index in [4.69, 9.17) is 0 Å². The van der Waals surface area contributed by atoms with E-state index in [9.17, 15) is 31.2 Å². The van der Waals surface area contributed by atoms with Crippen LogP contribution in [0.15, 0.2) is 53.4 Å². The molecule has 162 valence electrons. The molecule has 30 heavy (non-hydrogen) atoms. The first-order valence-electron chi connectivity index (χ1n) is 8.56. The third-order valence-corrected chi connectivity index (χ3v) is 5.49. The number of carbonyl (C=O) groups is 2. The summed E-state index contributed by atoms with van der Waals surface area (Å²) in [5.74, 6) is -1.96. The number of benzene rings is 2. The lowest BCUT2D eigenvalue weighted by atomic mass is 10.1. The Balaban J connectivity index is 2.16. The van der Waals surface area contributed by atoms with Crippen molar-refractivity contribution in [1.82, 2.24) is 10.0 Å². The van der Waals surface area contributed by atoms with Gasteiger partial charge in [-0.3, -0.25) is 4.79 Å². The summed E-state index contributed by atoms with van der Waals surface area (Å²) in [6, 6.07) is 8.05. The fourth-order valence-corrected chi connectivity index (χ4v) is 3.45. The number of hydrogen-bond donors (Lipinski definition) is 2. The lowest BCUT2D eigenvalue weighted by Gasteiger charge is -2.18. The third kappa shape index (κ3) is 6.04. The number of hydrogen-bond acceptors (Lipinski definition) is 5. The van der Waals surface area contributed by atoms with Crippen molar-refractivity contribution >= 4 is 21.9 Å². The van der Waals surface area contributed by atoms with Gasteiger partial charge in [-0.05, 0) is 37.3 Å². The zero-order chi connectivity index (χ0) is 22.5. The van der Waals surface area contributed by atoms with Gasteiger partial charge in [-0.15, -0.1) is 0 Å². The SMILES string of the molecule is COC(=O)[C@H](CNS(=O)(=O)c1ccc(C)cc1)NC(=O)c1cccc(C(F)(F)F)c1. The Morgan fingerprint density at radius 1 is 1.10 bits per heavy atom. The topological polar surface area (TPSA) is 102 Å². The number of ether oxygens (including phenoxy) is 1. The van der Waals surface area contributed by atoms with Crippen LogP contribution in [-0.4, -0.2) is 40.0 Å². The van der Waals surface area contributed by atoms with E-state index in [-0.39, 0.29) is 10.5 Å². The number of nitrogens with one attached hydrogen (secondary N) is 2. The van der Waals surface area contributed by atoms with Crippen LogP contribution in [0.5, 0.6) is 0 Å². The second kappa shape index (κ2) is 9.26. The minimum atomic E-state index is -4.65. The predicted octanol–water partition coefficient (Wildman–Crippen LogP) is 2.26. The highest BCUT2D eigenvalue weighted by Crippen LogP contribution is 2.29. The summed E-state index contributed by atoms with van der Waals surface area (Å²) in [7, 11) is -2.97. The number of amides is 1. The summed E-state index contributed by atoms with van der Waals surface area (Å²) in [4.78, 5) is 24.2. The summed E-state index contributed by atoms with van der Waals surface area (Å²) in [5.41, 5.74) is -0.542. The standard InChI is InChI=1S/C19H19F3N2O5S/c1-12-6-8-15(9-7-12)30(27,28)23-11-16(18(26)29-2)24-17(25)13-4-3-5-14(10-13)19(20,21)22/h3-10,16,23H,11H2,1-2H3,(H,24,25)/t16-/m0/s1. The maximum Gasteiger partial charge on any atom is 0.416 e. The zero-order valence-electron chi connectivity index (χ0n) is 16.0. The minimum absolute atomic E-state index is 0.0547. The summed E-state index contributed by atoms with van der Waals surface area (Å²) in [5, 5.41) is 2.19. The molecule has 0 heterocycles. The van der Waals surface area contributed by atoms with Crippen LogP contribution in [0.4, 0.5) is 13.2 Å². The van der Waals surface area contributed by atoms with Crippen molar-refractivity contribution in [3.63, 3.8) is 0 Å². The Labute approximate surface area is 171 Å². The van der Waals surface area contributed by atoms with Crippen molar-refractivity contribution in [2.75, 3.05) is 13.7 Å². The highest BCUT2D eigenvalue weighted by molar-refractivity contribution is 7.89. The van der Waals surface area contributed by atoms with Crippen molar-refractivity contribution in [2.45, 2.75) is 24.0 Å². The second-order valence-electron chi connectivity index (χ2n) is 6.29. The van der Waals surface area contributed by atoms with E-state index < -0.39 is 46.2 Å². The molecule has 0 saturated heterocycles. The van der Waals surface area contributed by atoms with Gasteiger partial charge in [-0.1, -0.05) is 23.8 Å². The number of carbonyl (C=O) groups excluding carboxylic acids is 2. The first kappa shape index (κ1) is 23.4. The lowest BCUT2D eigenvalue weighted by Crippen LogP contribution is -2.48. The number of aryl methyl sites for hydroxylation is 1. The van der Waals surface area contributed by atoms with E-state index in [0.717, 1.165) is 30.9 Å². The number of alkyl halides is 3. The molecule has 1 atom stereocenters. The quantitative estimate of drug-likeness (QED) is 0.638. The van der Waals surface area contributed by atoms with Crippen molar-refractivity contribution in [2.24, 2.45) is 0 Å². The van der Waals surface area contributed by atoms with Gasteiger partial charge in [0, 0.05) is 12.1 Å². The predicted molar refractivity (Wildman–Crippen MR) is 101 cm³/mol. The highest BCUT2D eigenvalue weighted by atomic mass is 32.2. The molecular weight excluding hydrogens is 425 g/mol. The molecule has 0 unspecified atom stereocenters. The molecule has 0 aliphatic carbocycles. The van der Waals surface area contributed by atoms with E-state index in [1.54, 1.807) is 19.1 Å². The van der Waals surface area contributed by atoms with Crippen molar-refractivity contribution in [3.8, 4) is 0 Å². The maximum absolute atomic E-state index is 12.8. The Hall–Kier alpha value is -2.92. The van der Waals surface area contributed by atoms with E-state index >= 15 is 0 Å². The molecule has 0 saturated carbocycles. The fourth-order valence-electron chi connectivity index (χ4n) is 2.41. The highest BCUT2D eigenvalue weighted by Gasteiger charge is 2.31. The van der Waals surface area contributed by atoms with Gasteiger partial charge in [0.05, 0.1) is 17.6 Å². The van der Waals surface area contributed by atoms with Gasteiger partial charge in [-0.25, -0.2) is 17.9 Å². The molecule has 0 bridgehead atoms. The van der Waals surface area contributed by atoms with Crippen LogP contribution in [0.3, 0.4) is 0 Å². The van der Waals surface area contributed by atoms with Gasteiger partial charge in [0.25, 0.3) is 5.91 Å². The van der Waals surface area contributed by atoms with E-state index in [2.05, 4.69) is 14.8 Å². The molecule has 7 nitrogen and oxygen atoms in total. The van der Waals surface area contributed by atoms with Crippen LogP contribution in [0.1, 0.15) is 21.5 Å². The first-order chi connectivity index (χ1) is 13.9. The van der Waals surface area contributed by atoms with E-state index in [0.29, 0.717) is 6.07 Å².